The second-order valence-corrected chi connectivity index (χ2v) is 6.42. The molecule has 0 atom stereocenters. The molecule has 0 saturated heterocycles. The van der Waals surface area contributed by atoms with Gasteiger partial charge in [0.2, 0.25) is 10.0 Å². The Labute approximate surface area is 118 Å². The number of sulfonamides is 1. The molecular weight excluding hydrogens is 304 g/mol. The van der Waals surface area contributed by atoms with E-state index in [1.54, 1.807) is 6.92 Å². The highest BCUT2D eigenvalue weighted by atomic mass is 32.2. The number of oxazole rings is 1. The van der Waals surface area contributed by atoms with Gasteiger partial charge in [0.05, 0.1) is 16.2 Å². The van der Waals surface area contributed by atoms with Crippen LogP contribution in [0.4, 0.5) is 0 Å². The molecule has 20 heavy (non-hydrogen) atoms. The Balaban J connectivity index is 2.45. The first-order chi connectivity index (χ1) is 9.27. The number of hydrogen-bond donors (Lipinski definition) is 2. The molecule has 0 amide bonds. The second kappa shape index (κ2) is 5.27. The number of carboxylic acids is 1. The zero-order chi connectivity index (χ0) is 14.9. The zero-order valence-electron chi connectivity index (χ0n) is 10.2. The summed E-state index contributed by atoms with van der Waals surface area (Å²) in [5.74, 6) is -1.26. The molecule has 9 heteroatoms. The molecule has 1 heterocycles. The lowest BCUT2D eigenvalue weighted by molar-refractivity contribution is 0.0693. The van der Waals surface area contributed by atoms with Crippen LogP contribution in [0.25, 0.3) is 0 Å². The number of aryl methyl sites for hydroxylation is 1. The summed E-state index contributed by atoms with van der Waals surface area (Å²) in [6.07, 6.45) is 1.43. The number of hydrogen-bond acceptors (Lipinski definition) is 6. The van der Waals surface area contributed by atoms with Gasteiger partial charge in [0.1, 0.15) is 6.26 Å². The number of primary sulfonamides is 1. The Morgan fingerprint density at radius 3 is 2.65 bits per heavy atom. The van der Waals surface area contributed by atoms with E-state index in [-0.39, 0.29) is 15.7 Å². The van der Waals surface area contributed by atoms with Gasteiger partial charge in [-0.2, -0.15) is 0 Å². The molecule has 1 aromatic carbocycles. The van der Waals surface area contributed by atoms with Gasteiger partial charge in [-0.1, -0.05) is 0 Å². The van der Waals surface area contributed by atoms with Crippen LogP contribution in [0.3, 0.4) is 0 Å². The molecule has 0 unspecified atom stereocenters. The zero-order valence-corrected chi connectivity index (χ0v) is 11.9. The second-order valence-electron chi connectivity index (χ2n) is 3.86. The fourth-order valence-corrected chi connectivity index (χ4v) is 2.82. The van der Waals surface area contributed by atoms with E-state index in [1.807, 2.05) is 0 Å². The van der Waals surface area contributed by atoms with Crippen molar-refractivity contribution >= 4 is 27.8 Å². The van der Waals surface area contributed by atoms with E-state index >= 15 is 0 Å². The summed E-state index contributed by atoms with van der Waals surface area (Å²) >= 11 is 0.988. The molecule has 0 aliphatic rings. The molecule has 0 fully saturated rings. The van der Waals surface area contributed by atoms with Gasteiger partial charge in [0.15, 0.2) is 0 Å². The summed E-state index contributed by atoms with van der Waals surface area (Å²) in [4.78, 5) is 15.3. The predicted octanol–water partition coefficient (Wildman–Crippen LogP) is 1.48. The minimum absolute atomic E-state index is 0.183. The Hall–Kier alpha value is -1.84. The quantitative estimate of drug-likeness (QED) is 0.875. The summed E-state index contributed by atoms with van der Waals surface area (Å²) in [7, 11) is -3.96. The minimum Gasteiger partial charge on any atom is -0.478 e. The fourth-order valence-electron chi connectivity index (χ4n) is 1.42. The Morgan fingerprint density at radius 1 is 1.45 bits per heavy atom. The summed E-state index contributed by atoms with van der Waals surface area (Å²) in [6, 6.07) is 3.60. The molecule has 7 nitrogen and oxygen atoms in total. The van der Waals surface area contributed by atoms with Crippen molar-refractivity contribution in [3.8, 4) is 0 Å². The van der Waals surface area contributed by atoms with Crippen molar-refractivity contribution in [2.75, 3.05) is 0 Å². The lowest BCUT2D eigenvalue weighted by atomic mass is 10.2. The lowest BCUT2D eigenvalue weighted by Gasteiger charge is -2.05. The third-order valence-corrected chi connectivity index (χ3v) is 4.15. The molecular formula is C11H10N2O5S2. The lowest BCUT2D eigenvalue weighted by Crippen LogP contribution is -2.13. The van der Waals surface area contributed by atoms with E-state index in [1.165, 1.54) is 18.4 Å². The number of carbonyl (C=O) groups is 1. The van der Waals surface area contributed by atoms with E-state index in [4.69, 9.17) is 14.7 Å². The van der Waals surface area contributed by atoms with Crippen LogP contribution in [0.5, 0.6) is 0 Å². The number of nitrogens with zero attached hydrogens (tertiary/aromatic N) is 1. The van der Waals surface area contributed by atoms with Crippen LogP contribution >= 0.6 is 11.8 Å². The number of rotatable bonds is 4. The van der Waals surface area contributed by atoms with Crippen LogP contribution in [0.2, 0.25) is 0 Å². The summed E-state index contributed by atoms with van der Waals surface area (Å²) < 4.78 is 27.6. The van der Waals surface area contributed by atoms with Crippen LogP contribution < -0.4 is 5.14 Å². The molecule has 2 rings (SSSR count). The minimum atomic E-state index is -3.96. The predicted molar refractivity (Wildman–Crippen MR) is 70.1 cm³/mol. The molecule has 0 aliphatic heterocycles. The monoisotopic (exact) mass is 314 g/mol. The van der Waals surface area contributed by atoms with Gasteiger partial charge in [-0.25, -0.2) is 23.3 Å². The summed E-state index contributed by atoms with van der Waals surface area (Å²) in [6.45, 7) is 1.73. The Kier molecular flexibility index (Phi) is 3.84. The topological polar surface area (TPSA) is 123 Å². The van der Waals surface area contributed by atoms with E-state index in [0.717, 1.165) is 17.8 Å². The van der Waals surface area contributed by atoms with Gasteiger partial charge in [-0.3, -0.25) is 0 Å². The highest BCUT2D eigenvalue weighted by Gasteiger charge is 2.18. The maximum Gasteiger partial charge on any atom is 0.336 e. The van der Waals surface area contributed by atoms with Crippen molar-refractivity contribution in [2.45, 2.75) is 21.9 Å². The van der Waals surface area contributed by atoms with E-state index < -0.39 is 16.0 Å². The molecule has 0 bridgehead atoms. The maximum atomic E-state index is 11.2. The summed E-state index contributed by atoms with van der Waals surface area (Å²) in [5.41, 5.74) is 0.475. The first kappa shape index (κ1) is 14.6. The van der Waals surface area contributed by atoms with E-state index in [0.29, 0.717) is 10.6 Å². The van der Waals surface area contributed by atoms with Crippen molar-refractivity contribution < 1.29 is 22.7 Å². The molecule has 1 aromatic heterocycles. The van der Waals surface area contributed by atoms with E-state index in [9.17, 15) is 13.2 Å². The number of benzene rings is 1. The van der Waals surface area contributed by atoms with Gasteiger partial charge in [0.25, 0.3) is 5.22 Å². The normalized spacial score (nSPS) is 11.5. The largest absolute Gasteiger partial charge is 0.478 e. The van der Waals surface area contributed by atoms with E-state index in [2.05, 4.69) is 4.98 Å². The number of aromatic nitrogens is 1. The number of carboxylic acid groups (broad SMARTS) is 1. The molecule has 0 saturated carbocycles. The number of aromatic carboxylic acids is 1. The van der Waals surface area contributed by atoms with Crippen LogP contribution in [-0.2, 0) is 10.0 Å². The molecule has 3 N–H and O–H groups in total. The Bertz CT molecular complexity index is 767. The highest BCUT2D eigenvalue weighted by Crippen LogP contribution is 2.31. The average molecular weight is 314 g/mol. The van der Waals surface area contributed by atoms with Crippen molar-refractivity contribution in [1.82, 2.24) is 4.98 Å². The highest BCUT2D eigenvalue weighted by molar-refractivity contribution is 7.99. The Morgan fingerprint density at radius 2 is 2.15 bits per heavy atom. The molecule has 0 aliphatic carbocycles. The molecule has 0 spiro atoms. The van der Waals surface area contributed by atoms with Gasteiger partial charge >= 0.3 is 5.97 Å². The first-order valence-corrected chi connectivity index (χ1v) is 7.64. The van der Waals surface area contributed by atoms with Gasteiger partial charge < -0.3 is 9.52 Å². The number of nitrogens with two attached hydrogens (primary N) is 1. The third-order valence-electron chi connectivity index (χ3n) is 2.31. The molecule has 2 aromatic rings. The SMILES string of the molecule is Cc1coc(Sc2ccc(S(N)(=O)=O)cc2C(=O)O)n1. The van der Waals surface area contributed by atoms with Crippen LogP contribution in [0.15, 0.2) is 43.9 Å². The molecule has 0 radical (unpaired) electrons. The fraction of sp³-hybridized carbons (Fsp3) is 0.0909. The van der Waals surface area contributed by atoms with Gasteiger partial charge in [-0.15, -0.1) is 0 Å². The summed E-state index contributed by atoms with van der Waals surface area (Å²) in [5, 5.41) is 14.4. The smallest absolute Gasteiger partial charge is 0.336 e. The maximum absolute atomic E-state index is 11.2. The van der Waals surface area contributed by atoms with Crippen LogP contribution in [0.1, 0.15) is 16.1 Å². The van der Waals surface area contributed by atoms with Crippen LogP contribution in [0, 0.1) is 6.92 Å². The van der Waals surface area contributed by atoms with Crippen molar-refractivity contribution in [2.24, 2.45) is 5.14 Å². The third kappa shape index (κ3) is 3.18. The molecule has 106 valence electrons. The van der Waals surface area contributed by atoms with Crippen LogP contribution in [-0.4, -0.2) is 24.5 Å². The van der Waals surface area contributed by atoms with Crippen molar-refractivity contribution in [1.29, 1.82) is 0 Å². The van der Waals surface area contributed by atoms with Gasteiger partial charge in [0, 0.05) is 4.90 Å². The first-order valence-electron chi connectivity index (χ1n) is 5.27. The standard InChI is InChI=1S/C11H10N2O5S2/c1-6-5-18-11(13-6)19-9-3-2-7(20(12,16)17)4-8(9)10(14)15/h2-5H,1H3,(H,14,15)(H2,12,16,17). The average Bonchev–Trinajstić information content (AvgIpc) is 2.73. The van der Waals surface area contributed by atoms with Crippen molar-refractivity contribution in [3.63, 3.8) is 0 Å². The van der Waals surface area contributed by atoms with Gasteiger partial charge in [-0.05, 0) is 36.9 Å². The van der Waals surface area contributed by atoms with Crippen molar-refractivity contribution in [3.05, 3.63) is 35.7 Å².